The van der Waals surface area contributed by atoms with Gasteiger partial charge in [0.15, 0.2) is 0 Å². The Bertz CT molecular complexity index is 747. The number of rotatable bonds is 7. The first kappa shape index (κ1) is 17.9. The van der Waals surface area contributed by atoms with Crippen LogP contribution in [0.1, 0.15) is 32.3 Å². The Morgan fingerprint density at radius 3 is 2.38 bits per heavy atom. The first-order chi connectivity index (χ1) is 11.7. The van der Waals surface area contributed by atoms with Crippen molar-refractivity contribution in [2.75, 3.05) is 20.8 Å². The fraction of sp³-hybridized carbons (Fsp3) is 0.350. The molecule has 0 atom stereocenters. The smallest absolute Gasteiger partial charge is 0.334 e. The molecule has 2 aromatic rings. The summed E-state index contributed by atoms with van der Waals surface area (Å²) in [6.45, 7) is 4.20. The van der Waals surface area contributed by atoms with Gasteiger partial charge in [-0.05, 0) is 25.5 Å². The highest BCUT2D eigenvalue weighted by Gasteiger charge is 2.15. The average molecular weight is 328 g/mol. The standard InChI is InChI=1S/C20H24O4/c1-5-9-14(20(21)24-6-2)12-15-13-18(22-3)16-10-7-8-11-17(16)19(15)23-4/h7-8,10-13H,5-6,9H2,1-4H3. The van der Waals surface area contributed by atoms with Gasteiger partial charge in [0.1, 0.15) is 11.5 Å². The van der Waals surface area contributed by atoms with Crippen LogP contribution in [0.5, 0.6) is 11.5 Å². The van der Waals surface area contributed by atoms with Crippen molar-refractivity contribution in [3.05, 3.63) is 41.5 Å². The molecule has 0 fully saturated rings. The first-order valence-electron chi connectivity index (χ1n) is 8.17. The molecule has 0 aliphatic rings. The van der Waals surface area contributed by atoms with Gasteiger partial charge in [-0.15, -0.1) is 0 Å². The molecule has 24 heavy (non-hydrogen) atoms. The average Bonchev–Trinajstić information content (AvgIpc) is 2.60. The zero-order chi connectivity index (χ0) is 17.5. The van der Waals surface area contributed by atoms with Crippen LogP contribution in [0.25, 0.3) is 16.8 Å². The third-order valence-corrected chi connectivity index (χ3v) is 3.80. The Labute approximate surface area is 143 Å². The van der Waals surface area contributed by atoms with Crippen LogP contribution in [-0.2, 0) is 9.53 Å². The molecule has 0 spiro atoms. The van der Waals surface area contributed by atoms with Crippen LogP contribution < -0.4 is 9.47 Å². The summed E-state index contributed by atoms with van der Waals surface area (Å²) in [7, 11) is 3.27. The monoisotopic (exact) mass is 328 g/mol. The maximum atomic E-state index is 12.2. The van der Waals surface area contributed by atoms with Gasteiger partial charge >= 0.3 is 5.97 Å². The molecular weight excluding hydrogens is 304 g/mol. The van der Waals surface area contributed by atoms with Gasteiger partial charge in [0.05, 0.1) is 20.8 Å². The van der Waals surface area contributed by atoms with E-state index in [4.69, 9.17) is 14.2 Å². The quantitative estimate of drug-likeness (QED) is 0.550. The van der Waals surface area contributed by atoms with E-state index in [1.54, 1.807) is 21.1 Å². The summed E-state index contributed by atoms with van der Waals surface area (Å²) >= 11 is 0. The van der Waals surface area contributed by atoms with Crippen molar-refractivity contribution in [2.24, 2.45) is 0 Å². The molecule has 4 heteroatoms. The van der Waals surface area contributed by atoms with E-state index in [2.05, 4.69) is 0 Å². The van der Waals surface area contributed by atoms with Crippen molar-refractivity contribution < 1.29 is 19.0 Å². The Kier molecular flexibility index (Phi) is 6.24. The number of esters is 1. The number of ether oxygens (including phenoxy) is 3. The lowest BCUT2D eigenvalue weighted by Crippen LogP contribution is -2.07. The second-order valence-corrected chi connectivity index (χ2v) is 5.39. The van der Waals surface area contributed by atoms with Crippen molar-refractivity contribution in [2.45, 2.75) is 26.7 Å². The molecule has 0 unspecified atom stereocenters. The molecule has 4 nitrogen and oxygen atoms in total. The minimum Gasteiger partial charge on any atom is -0.496 e. The third kappa shape index (κ3) is 3.70. The van der Waals surface area contributed by atoms with Crippen LogP contribution in [-0.4, -0.2) is 26.8 Å². The predicted molar refractivity (Wildman–Crippen MR) is 96.6 cm³/mol. The highest BCUT2D eigenvalue weighted by molar-refractivity contribution is 5.99. The van der Waals surface area contributed by atoms with E-state index in [1.807, 2.05) is 43.3 Å². The Morgan fingerprint density at radius 2 is 1.79 bits per heavy atom. The van der Waals surface area contributed by atoms with E-state index >= 15 is 0 Å². The Morgan fingerprint density at radius 1 is 1.08 bits per heavy atom. The molecule has 0 amide bonds. The van der Waals surface area contributed by atoms with Crippen molar-refractivity contribution in [3.8, 4) is 11.5 Å². The van der Waals surface area contributed by atoms with E-state index in [0.29, 0.717) is 18.6 Å². The van der Waals surface area contributed by atoms with E-state index in [1.165, 1.54) is 0 Å². The van der Waals surface area contributed by atoms with E-state index < -0.39 is 0 Å². The number of methoxy groups -OCH3 is 2. The zero-order valence-corrected chi connectivity index (χ0v) is 14.7. The van der Waals surface area contributed by atoms with E-state index in [0.717, 1.165) is 34.3 Å². The van der Waals surface area contributed by atoms with Crippen LogP contribution >= 0.6 is 0 Å². The third-order valence-electron chi connectivity index (χ3n) is 3.80. The lowest BCUT2D eigenvalue weighted by molar-refractivity contribution is -0.138. The molecule has 2 rings (SSSR count). The van der Waals surface area contributed by atoms with Crippen LogP contribution in [0.3, 0.4) is 0 Å². The molecule has 0 radical (unpaired) electrons. The lowest BCUT2D eigenvalue weighted by atomic mass is 10.0. The summed E-state index contributed by atoms with van der Waals surface area (Å²) < 4.78 is 16.3. The highest BCUT2D eigenvalue weighted by atomic mass is 16.5. The summed E-state index contributed by atoms with van der Waals surface area (Å²) in [5.41, 5.74) is 1.44. The van der Waals surface area contributed by atoms with Gasteiger partial charge < -0.3 is 14.2 Å². The summed E-state index contributed by atoms with van der Waals surface area (Å²) in [5, 5.41) is 1.92. The normalized spacial score (nSPS) is 11.4. The molecule has 2 aromatic carbocycles. The molecule has 0 N–H and O–H groups in total. The molecule has 128 valence electrons. The number of carbonyl (C=O) groups excluding carboxylic acids is 1. The molecule has 0 saturated carbocycles. The number of carbonyl (C=O) groups is 1. The fourth-order valence-electron chi connectivity index (χ4n) is 2.75. The van der Waals surface area contributed by atoms with Crippen LogP contribution in [0.15, 0.2) is 35.9 Å². The maximum absolute atomic E-state index is 12.2. The predicted octanol–water partition coefficient (Wildman–Crippen LogP) is 4.60. The van der Waals surface area contributed by atoms with E-state index in [9.17, 15) is 4.79 Å². The molecule has 0 aromatic heterocycles. The van der Waals surface area contributed by atoms with Crippen molar-refractivity contribution in [1.82, 2.24) is 0 Å². The van der Waals surface area contributed by atoms with Gasteiger partial charge in [-0.25, -0.2) is 4.79 Å². The molecule has 0 saturated heterocycles. The number of hydrogen-bond acceptors (Lipinski definition) is 4. The molecule has 0 aliphatic heterocycles. The largest absolute Gasteiger partial charge is 0.496 e. The van der Waals surface area contributed by atoms with Crippen LogP contribution in [0.4, 0.5) is 0 Å². The fourth-order valence-corrected chi connectivity index (χ4v) is 2.75. The van der Waals surface area contributed by atoms with Gasteiger partial charge in [0.25, 0.3) is 0 Å². The highest BCUT2D eigenvalue weighted by Crippen LogP contribution is 2.37. The van der Waals surface area contributed by atoms with Gasteiger partial charge in [0, 0.05) is 21.9 Å². The molecule has 0 heterocycles. The topological polar surface area (TPSA) is 44.8 Å². The molecular formula is C20H24O4. The van der Waals surface area contributed by atoms with Gasteiger partial charge in [0.2, 0.25) is 0 Å². The van der Waals surface area contributed by atoms with E-state index in [-0.39, 0.29) is 5.97 Å². The van der Waals surface area contributed by atoms with Crippen molar-refractivity contribution in [3.63, 3.8) is 0 Å². The number of benzene rings is 2. The number of hydrogen-bond donors (Lipinski definition) is 0. The first-order valence-corrected chi connectivity index (χ1v) is 8.17. The van der Waals surface area contributed by atoms with Crippen LogP contribution in [0, 0.1) is 0 Å². The maximum Gasteiger partial charge on any atom is 0.334 e. The Balaban J connectivity index is 2.65. The SMILES string of the molecule is CCCC(=Cc1cc(OC)c2ccccc2c1OC)C(=O)OCC. The lowest BCUT2D eigenvalue weighted by Gasteiger charge is -2.14. The molecule has 0 bridgehead atoms. The zero-order valence-electron chi connectivity index (χ0n) is 14.7. The minimum absolute atomic E-state index is 0.284. The van der Waals surface area contributed by atoms with Gasteiger partial charge in [-0.3, -0.25) is 0 Å². The minimum atomic E-state index is -0.284. The summed E-state index contributed by atoms with van der Waals surface area (Å²) in [6.07, 6.45) is 3.35. The second-order valence-electron chi connectivity index (χ2n) is 5.39. The second kappa shape index (κ2) is 8.39. The van der Waals surface area contributed by atoms with Gasteiger partial charge in [-0.1, -0.05) is 37.6 Å². The van der Waals surface area contributed by atoms with Crippen molar-refractivity contribution in [1.29, 1.82) is 0 Å². The van der Waals surface area contributed by atoms with Crippen LogP contribution in [0.2, 0.25) is 0 Å². The number of fused-ring (bicyclic) bond motifs is 1. The summed E-state index contributed by atoms with van der Waals surface area (Å²) in [6, 6.07) is 9.79. The Hall–Kier alpha value is -2.49. The molecule has 0 aliphatic carbocycles. The van der Waals surface area contributed by atoms with Crippen molar-refractivity contribution >= 4 is 22.8 Å². The summed E-state index contributed by atoms with van der Waals surface area (Å²) in [4.78, 5) is 12.2. The van der Waals surface area contributed by atoms with Gasteiger partial charge in [-0.2, -0.15) is 0 Å². The summed E-state index contributed by atoms with van der Waals surface area (Å²) in [5.74, 6) is 1.19.